The van der Waals surface area contributed by atoms with Gasteiger partial charge in [0.05, 0.1) is 17.7 Å². The zero-order valence-corrected chi connectivity index (χ0v) is 14.6. The van der Waals surface area contributed by atoms with E-state index in [1.807, 2.05) is 13.8 Å². The number of carbonyl (C=O) groups excluding carboxylic acids is 1. The van der Waals surface area contributed by atoms with Crippen molar-refractivity contribution in [2.45, 2.75) is 26.7 Å². The van der Waals surface area contributed by atoms with Crippen LogP contribution in [-0.2, 0) is 4.74 Å². The molecule has 0 saturated carbocycles. The summed E-state index contributed by atoms with van der Waals surface area (Å²) in [7, 11) is 0. The largest absolute Gasteiger partial charge is 0.463 e. The van der Waals surface area contributed by atoms with Crippen molar-refractivity contribution in [3.63, 3.8) is 0 Å². The van der Waals surface area contributed by atoms with Crippen LogP contribution in [0.15, 0.2) is 16.9 Å². The lowest BCUT2D eigenvalue weighted by Gasteiger charge is -2.31. The van der Waals surface area contributed by atoms with Crippen molar-refractivity contribution < 1.29 is 14.3 Å². The second kappa shape index (κ2) is 8.31. The van der Waals surface area contributed by atoms with Gasteiger partial charge < -0.3 is 14.4 Å². The van der Waals surface area contributed by atoms with Crippen molar-refractivity contribution in [1.29, 1.82) is 0 Å². The van der Waals surface area contributed by atoms with E-state index in [1.54, 1.807) is 17.3 Å². The molecule has 1 aromatic rings. The molecule has 1 fully saturated rings. The summed E-state index contributed by atoms with van der Waals surface area (Å²) in [6.07, 6.45) is 4.94. The Bertz CT molecular complexity index is 473. The number of hydrogen-bond donors (Lipinski definition) is 0. The highest BCUT2D eigenvalue weighted by molar-refractivity contribution is 9.10. The summed E-state index contributed by atoms with van der Waals surface area (Å²) in [5.41, 5.74) is 0. The molecule has 0 N–H and O–H groups in total. The van der Waals surface area contributed by atoms with Crippen molar-refractivity contribution in [2.75, 3.05) is 26.3 Å². The molecule has 0 unspecified atom stereocenters. The molecule has 0 spiro atoms. The molecule has 2 heterocycles. The first-order chi connectivity index (χ1) is 10.5. The van der Waals surface area contributed by atoms with Gasteiger partial charge in [0.15, 0.2) is 0 Å². The minimum Gasteiger partial charge on any atom is -0.463 e. The number of nitrogens with zero attached hydrogens (tertiary/aromatic N) is 3. The third-order valence-electron chi connectivity index (χ3n) is 3.46. The minimum atomic E-state index is -0.204. The van der Waals surface area contributed by atoms with E-state index in [-0.39, 0.29) is 6.09 Å². The third kappa shape index (κ3) is 5.44. The minimum absolute atomic E-state index is 0.204. The summed E-state index contributed by atoms with van der Waals surface area (Å²) in [5, 5.41) is 0. The van der Waals surface area contributed by atoms with E-state index in [0.29, 0.717) is 44.1 Å². The van der Waals surface area contributed by atoms with Crippen molar-refractivity contribution in [2.24, 2.45) is 11.8 Å². The molecular weight excluding hydrogens is 350 g/mol. The van der Waals surface area contributed by atoms with E-state index in [0.717, 1.165) is 17.3 Å². The van der Waals surface area contributed by atoms with E-state index in [2.05, 4.69) is 25.9 Å². The fourth-order valence-electron chi connectivity index (χ4n) is 2.18. The fourth-order valence-corrected chi connectivity index (χ4v) is 2.38. The number of rotatable bonds is 5. The monoisotopic (exact) mass is 371 g/mol. The highest BCUT2D eigenvalue weighted by atomic mass is 79.9. The van der Waals surface area contributed by atoms with Gasteiger partial charge in [-0.2, -0.15) is 0 Å². The Hall–Kier alpha value is -1.37. The number of amides is 1. The average molecular weight is 372 g/mol. The van der Waals surface area contributed by atoms with Crippen molar-refractivity contribution >= 4 is 22.0 Å². The normalized spacial score (nSPS) is 15.9. The maximum absolute atomic E-state index is 11.9. The molecule has 0 aromatic carbocycles. The summed E-state index contributed by atoms with van der Waals surface area (Å²) in [5.74, 6) is 0.780. The molecule has 1 aromatic heterocycles. The Kier molecular flexibility index (Phi) is 6.42. The Morgan fingerprint density at radius 1 is 1.36 bits per heavy atom. The SMILES string of the molecule is CC(C)COC(=O)N1CCC(COc2ncc(Br)cn2)CC1. The third-order valence-corrected chi connectivity index (χ3v) is 3.87. The zero-order chi connectivity index (χ0) is 15.9. The second-order valence-electron chi connectivity index (χ2n) is 5.90. The number of aromatic nitrogens is 2. The first-order valence-electron chi connectivity index (χ1n) is 7.56. The summed E-state index contributed by atoms with van der Waals surface area (Å²) in [4.78, 5) is 21.8. The van der Waals surface area contributed by atoms with Gasteiger partial charge in [0, 0.05) is 25.5 Å². The predicted molar refractivity (Wildman–Crippen MR) is 85.7 cm³/mol. The molecule has 6 nitrogen and oxygen atoms in total. The molecule has 1 aliphatic rings. The van der Waals surface area contributed by atoms with Crippen molar-refractivity contribution in [3.8, 4) is 6.01 Å². The summed E-state index contributed by atoms with van der Waals surface area (Å²) < 4.78 is 11.7. The van der Waals surface area contributed by atoms with E-state index in [1.165, 1.54) is 0 Å². The Morgan fingerprint density at radius 3 is 2.59 bits per heavy atom. The van der Waals surface area contributed by atoms with Crippen LogP contribution in [0.5, 0.6) is 6.01 Å². The van der Waals surface area contributed by atoms with Gasteiger partial charge in [-0.05, 0) is 40.6 Å². The topological polar surface area (TPSA) is 64.5 Å². The van der Waals surface area contributed by atoms with E-state index in [9.17, 15) is 4.79 Å². The van der Waals surface area contributed by atoms with E-state index in [4.69, 9.17) is 9.47 Å². The lowest BCUT2D eigenvalue weighted by molar-refractivity contribution is 0.0726. The highest BCUT2D eigenvalue weighted by Gasteiger charge is 2.24. The van der Waals surface area contributed by atoms with Crippen LogP contribution in [-0.4, -0.2) is 47.3 Å². The molecule has 2 rings (SSSR count). The van der Waals surface area contributed by atoms with Crippen LogP contribution in [0.1, 0.15) is 26.7 Å². The standard InChI is InChI=1S/C15H22BrN3O3/c1-11(2)9-22-15(20)19-5-3-12(4-6-19)10-21-14-17-7-13(16)8-18-14/h7-8,11-12H,3-6,9-10H2,1-2H3. The van der Waals surface area contributed by atoms with E-state index >= 15 is 0 Å². The van der Waals surface area contributed by atoms with Gasteiger partial charge in [0.25, 0.3) is 0 Å². The van der Waals surface area contributed by atoms with Crippen LogP contribution in [0, 0.1) is 11.8 Å². The number of hydrogen-bond acceptors (Lipinski definition) is 5. The summed E-state index contributed by atoms with van der Waals surface area (Å²) in [6, 6.07) is 0.391. The molecule has 1 saturated heterocycles. The van der Waals surface area contributed by atoms with Gasteiger partial charge in [-0.15, -0.1) is 0 Å². The van der Waals surface area contributed by atoms with Crippen LogP contribution in [0.2, 0.25) is 0 Å². The van der Waals surface area contributed by atoms with Crippen LogP contribution < -0.4 is 4.74 Å². The average Bonchev–Trinajstić information content (AvgIpc) is 2.52. The van der Waals surface area contributed by atoms with E-state index < -0.39 is 0 Å². The number of halogens is 1. The molecule has 0 radical (unpaired) electrons. The van der Waals surface area contributed by atoms with Crippen molar-refractivity contribution in [1.82, 2.24) is 14.9 Å². The molecule has 0 bridgehead atoms. The lowest BCUT2D eigenvalue weighted by Crippen LogP contribution is -2.40. The van der Waals surface area contributed by atoms with Crippen LogP contribution in [0.3, 0.4) is 0 Å². The quantitative estimate of drug-likeness (QED) is 0.795. The van der Waals surface area contributed by atoms with Crippen molar-refractivity contribution in [3.05, 3.63) is 16.9 Å². The highest BCUT2D eigenvalue weighted by Crippen LogP contribution is 2.19. The summed E-state index contributed by atoms with van der Waals surface area (Å²) in [6.45, 7) is 6.54. The number of likely N-dealkylation sites (tertiary alicyclic amines) is 1. The maximum Gasteiger partial charge on any atom is 0.409 e. The van der Waals surface area contributed by atoms with Gasteiger partial charge in [-0.25, -0.2) is 14.8 Å². The number of piperidine rings is 1. The molecule has 7 heteroatoms. The second-order valence-corrected chi connectivity index (χ2v) is 6.81. The molecule has 1 aliphatic heterocycles. The summed E-state index contributed by atoms with van der Waals surface area (Å²) >= 11 is 3.28. The Balaban J connectivity index is 1.68. The van der Waals surface area contributed by atoms with Gasteiger partial charge in [-0.1, -0.05) is 13.8 Å². The fraction of sp³-hybridized carbons (Fsp3) is 0.667. The zero-order valence-electron chi connectivity index (χ0n) is 13.0. The van der Waals surface area contributed by atoms with Crippen LogP contribution >= 0.6 is 15.9 Å². The predicted octanol–water partition coefficient (Wildman–Crippen LogP) is 3.12. The molecule has 22 heavy (non-hydrogen) atoms. The molecule has 122 valence electrons. The van der Waals surface area contributed by atoms with Gasteiger partial charge >= 0.3 is 12.1 Å². The van der Waals surface area contributed by atoms with Gasteiger partial charge in [-0.3, -0.25) is 0 Å². The number of carbonyl (C=O) groups is 1. The smallest absolute Gasteiger partial charge is 0.409 e. The Morgan fingerprint density at radius 2 is 2.00 bits per heavy atom. The number of ether oxygens (including phenoxy) is 2. The van der Waals surface area contributed by atoms with Crippen LogP contribution in [0.4, 0.5) is 4.79 Å². The maximum atomic E-state index is 11.9. The molecule has 0 atom stereocenters. The first-order valence-corrected chi connectivity index (χ1v) is 8.36. The lowest BCUT2D eigenvalue weighted by atomic mass is 9.98. The Labute approximate surface area is 139 Å². The molecule has 1 amide bonds. The first kappa shape index (κ1) is 17.0. The molecular formula is C15H22BrN3O3. The van der Waals surface area contributed by atoms with Crippen LogP contribution in [0.25, 0.3) is 0 Å². The van der Waals surface area contributed by atoms with Gasteiger partial charge in [0.1, 0.15) is 0 Å². The van der Waals surface area contributed by atoms with Gasteiger partial charge in [0.2, 0.25) is 0 Å². The molecule has 0 aliphatic carbocycles.